The molecule has 6 heteroatoms. The second-order valence-corrected chi connectivity index (χ2v) is 7.06. The number of benzene rings is 1. The molecular weight excluding hydrogens is 311 g/mol. The number of halogens is 1. The van der Waals surface area contributed by atoms with Gasteiger partial charge in [0.25, 0.3) is 0 Å². The number of nitrogens with zero attached hydrogens (tertiary/aromatic N) is 2. The van der Waals surface area contributed by atoms with Crippen LogP contribution in [0.15, 0.2) is 24.3 Å². The van der Waals surface area contributed by atoms with Crippen molar-refractivity contribution < 1.29 is 19.0 Å². The van der Waals surface area contributed by atoms with E-state index < -0.39 is 11.5 Å². The molecule has 1 amide bonds. The normalized spacial score (nSPS) is 29.7. The lowest BCUT2D eigenvalue weighted by Crippen LogP contribution is -2.49. The summed E-state index contributed by atoms with van der Waals surface area (Å²) < 4.78 is 19.5. The molecule has 2 atom stereocenters. The van der Waals surface area contributed by atoms with Gasteiger partial charge in [0, 0.05) is 31.7 Å². The van der Waals surface area contributed by atoms with Gasteiger partial charge in [-0.05, 0) is 18.9 Å². The molecule has 0 spiro atoms. The first kappa shape index (κ1) is 16.0. The highest BCUT2D eigenvalue weighted by molar-refractivity contribution is 5.91. The molecule has 3 fully saturated rings. The number of amides is 1. The maximum Gasteiger partial charge on any atom is 0.233 e. The zero-order chi connectivity index (χ0) is 16.7. The third kappa shape index (κ3) is 2.62. The number of morpholine rings is 1. The number of carbonyl (C=O) groups excluding carboxylic acids is 1. The van der Waals surface area contributed by atoms with Crippen LogP contribution in [0.25, 0.3) is 0 Å². The predicted octanol–water partition coefficient (Wildman–Crippen LogP) is 0.761. The van der Waals surface area contributed by atoms with Crippen molar-refractivity contribution in [3.05, 3.63) is 35.6 Å². The van der Waals surface area contributed by atoms with Gasteiger partial charge in [0.2, 0.25) is 5.91 Å². The molecule has 1 aromatic carbocycles. The summed E-state index contributed by atoms with van der Waals surface area (Å²) in [6.45, 7) is 3.73. The SMILES string of the molecule is O=C(N1C[C@@H](O)[C@H](N2CCOCC2)C1)C1(c2ccccc2F)CC1. The van der Waals surface area contributed by atoms with Crippen LogP contribution in [0.4, 0.5) is 4.39 Å². The van der Waals surface area contributed by atoms with Crippen molar-refractivity contribution in [2.75, 3.05) is 39.4 Å². The second kappa shape index (κ2) is 6.10. The van der Waals surface area contributed by atoms with E-state index in [-0.39, 0.29) is 17.8 Å². The molecule has 5 nitrogen and oxygen atoms in total. The Hall–Kier alpha value is -1.50. The first-order valence-corrected chi connectivity index (χ1v) is 8.66. The number of hydrogen-bond donors (Lipinski definition) is 1. The summed E-state index contributed by atoms with van der Waals surface area (Å²) in [5.74, 6) is -0.352. The fraction of sp³-hybridized carbons (Fsp3) is 0.611. The number of likely N-dealkylation sites (tertiary alicyclic amines) is 1. The van der Waals surface area contributed by atoms with E-state index in [0.29, 0.717) is 44.7 Å². The first-order chi connectivity index (χ1) is 11.6. The Morgan fingerprint density at radius 1 is 1.21 bits per heavy atom. The number of rotatable bonds is 3. The highest BCUT2D eigenvalue weighted by Gasteiger charge is 2.56. The summed E-state index contributed by atoms with van der Waals surface area (Å²) in [5.41, 5.74) is -0.218. The van der Waals surface area contributed by atoms with Gasteiger partial charge >= 0.3 is 0 Å². The third-order valence-corrected chi connectivity index (χ3v) is 5.61. The largest absolute Gasteiger partial charge is 0.390 e. The van der Waals surface area contributed by atoms with Crippen molar-refractivity contribution in [2.24, 2.45) is 0 Å². The molecule has 0 unspecified atom stereocenters. The highest BCUT2D eigenvalue weighted by atomic mass is 19.1. The molecule has 0 aromatic heterocycles. The Kier molecular flexibility index (Phi) is 4.06. The Morgan fingerprint density at radius 2 is 1.92 bits per heavy atom. The van der Waals surface area contributed by atoms with Crippen LogP contribution in [-0.4, -0.2) is 72.4 Å². The van der Waals surface area contributed by atoms with Crippen LogP contribution in [0, 0.1) is 5.82 Å². The monoisotopic (exact) mass is 334 g/mol. The van der Waals surface area contributed by atoms with Crippen molar-refractivity contribution >= 4 is 5.91 Å². The summed E-state index contributed by atoms with van der Waals surface area (Å²) in [4.78, 5) is 17.0. The quantitative estimate of drug-likeness (QED) is 0.887. The van der Waals surface area contributed by atoms with Crippen LogP contribution in [-0.2, 0) is 14.9 Å². The lowest BCUT2D eigenvalue weighted by atomic mass is 9.94. The van der Waals surface area contributed by atoms with Crippen LogP contribution in [0.3, 0.4) is 0 Å². The molecule has 0 radical (unpaired) electrons. The molecule has 0 bridgehead atoms. The van der Waals surface area contributed by atoms with Gasteiger partial charge in [0.05, 0.1) is 30.8 Å². The standard InChI is InChI=1S/C18H23FN2O3/c19-14-4-2-1-3-13(14)18(5-6-18)17(23)21-11-15(16(22)12-21)20-7-9-24-10-8-20/h1-4,15-16,22H,5-12H2/t15-,16-/m1/s1. The Bertz CT molecular complexity index is 628. The van der Waals surface area contributed by atoms with Crippen molar-refractivity contribution in [1.82, 2.24) is 9.80 Å². The van der Waals surface area contributed by atoms with Gasteiger partial charge in [0.1, 0.15) is 5.82 Å². The third-order valence-electron chi connectivity index (χ3n) is 5.61. The van der Waals surface area contributed by atoms with Crippen LogP contribution < -0.4 is 0 Å². The van der Waals surface area contributed by atoms with Crippen molar-refractivity contribution in [1.29, 1.82) is 0 Å². The number of carbonyl (C=O) groups is 1. The zero-order valence-electron chi connectivity index (χ0n) is 13.7. The van der Waals surface area contributed by atoms with Gasteiger partial charge in [-0.2, -0.15) is 0 Å². The molecule has 2 heterocycles. The van der Waals surface area contributed by atoms with E-state index in [1.807, 2.05) is 0 Å². The summed E-state index contributed by atoms with van der Waals surface area (Å²) in [6, 6.07) is 6.51. The van der Waals surface area contributed by atoms with Crippen molar-refractivity contribution in [3.63, 3.8) is 0 Å². The van der Waals surface area contributed by atoms with Crippen LogP contribution in [0.1, 0.15) is 18.4 Å². The van der Waals surface area contributed by atoms with Gasteiger partial charge < -0.3 is 14.7 Å². The topological polar surface area (TPSA) is 53.0 Å². The van der Waals surface area contributed by atoms with Crippen molar-refractivity contribution in [2.45, 2.75) is 30.4 Å². The smallest absolute Gasteiger partial charge is 0.233 e. The summed E-state index contributed by atoms with van der Waals surface area (Å²) in [7, 11) is 0. The van der Waals surface area contributed by atoms with Gasteiger partial charge in [-0.1, -0.05) is 18.2 Å². The van der Waals surface area contributed by atoms with E-state index in [1.54, 1.807) is 23.1 Å². The van der Waals surface area contributed by atoms with E-state index in [4.69, 9.17) is 4.74 Å². The van der Waals surface area contributed by atoms with E-state index in [9.17, 15) is 14.3 Å². The molecule has 3 aliphatic rings. The molecule has 4 rings (SSSR count). The molecule has 2 aliphatic heterocycles. The molecule has 2 saturated heterocycles. The Balaban J connectivity index is 1.50. The minimum Gasteiger partial charge on any atom is -0.390 e. The molecule has 130 valence electrons. The van der Waals surface area contributed by atoms with E-state index in [0.717, 1.165) is 13.1 Å². The molecule has 24 heavy (non-hydrogen) atoms. The van der Waals surface area contributed by atoms with Gasteiger partial charge in [-0.15, -0.1) is 0 Å². The lowest BCUT2D eigenvalue weighted by molar-refractivity contribution is -0.133. The van der Waals surface area contributed by atoms with Gasteiger partial charge in [-0.3, -0.25) is 9.69 Å². The molecule has 1 saturated carbocycles. The van der Waals surface area contributed by atoms with Crippen LogP contribution >= 0.6 is 0 Å². The average molecular weight is 334 g/mol. The summed E-state index contributed by atoms with van der Waals surface area (Å²) >= 11 is 0. The number of β-amino-alcohol motifs (C(OH)–C–C–N with tert-alkyl or cyclic N) is 1. The number of ether oxygens (including phenoxy) is 1. The number of aliphatic hydroxyl groups excluding tert-OH is 1. The lowest BCUT2D eigenvalue weighted by Gasteiger charge is -2.33. The van der Waals surface area contributed by atoms with Crippen LogP contribution in [0.2, 0.25) is 0 Å². The minimum absolute atomic E-state index is 0.0394. The second-order valence-electron chi connectivity index (χ2n) is 7.06. The predicted molar refractivity (Wildman–Crippen MR) is 86.1 cm³/mol. The van der Waals surface area contributed by atoms with E-state index in [1.165, 1.54) is 6.07 Å². The number of hydrogen-bond acceptors (Lipinski definition) is 4. The van der Waals surface area contributed by atoms with Crippen LogP contribution in [0.5, 0.6) is 0 Å². The average Bonchev–Trinajstić information content (AvgIpc) is 3.32. The van der Waals surface area contributed by atoms with Crippen molar-refractivity contribution in [3.8, 4) is 0 Å². The van der Waals surface area contributed by atoms with Gasteiger partial charge in [0.15, 0.2) is 0 Å². The maximum absolute atomic E-state index is 14.2. The minimum atomic E-state index is -0.717. The van der Waals surface area contributed by atoms with E-state index in [2.05, 4.69) is 4.90 Å². The maximum atomic E-state index is 14.2. The zero-order valence-corrected chi connectivity index (χ0v) is 13.7. The molecular formula is C18H23FN2O3. The molecule has 1 aromatic rings. The number of aliphatic hydroxyl groups is 1. The van der Waals surface area contributed by atoms with Gasteiger partial charge in [-0.25, -0.2) is 4.39 Å². The first-order valence-electron chi connectivity index (χ1n) is 8.66. The van der Waals surface area contributed by atoms with E-state index >= 15 is 0 Å². The molecule has 1 N–H and O–H groups in total. The fourth-order valence-corrected chi connectivity index (χ4v) is 4.08. The fourth-order valence-electron chi connectivity index (χ4n) is 4.08. The highest BCUT2D eigenvalue weighted by Crippen LogP contribution is 2.50. The Morgan fingerprint density at radius 3 is 2.58 bits per heavy atom. The summed E-state index contributed by atoms with van der Waals surface area (Å²) in [5, 5.41) is 10.4. The molecule has 1 aliphatic carbocycles. The Labute approximate surface area is 141 Å². The summed E-state index contributed by atoms with van der Waals surface area (Å²) in [6.07, 6.45) is 0.812.